The molecule has 0 aliphatic heterocycles. The topological polar surface area (TPSA) is 81.2 Å². The summed E-state index contributed by atoms with van der Waals surface area (Å²) in [7, 11) is 1.32. The van der Waals surface area contributed by atoms with Crippen LogP contribution in [-0.4, -0.2) is 34.7 Å². The maximum atomic E-state index is 12.4. The van der Waals surface area contributed by atoms with Gasteiger partial charge in [0, 0.05) is 5.39 Å². The summed E-state index contributed by atoms with van der Waals surface area (Å²) in [5.41, 5.74) is 3.74. The highest BCUT2D eigenvalue weighted by atomic mass is 32.2. The van der Waals surface area contributed by atoms with Crippen LogP contribution in [0.4, 0.5) is 5.13 Å². The highest BCUT2D eigenvalue weighted by Crippen LogP contribution is 2.27. The van der Waals surface area contributed by atoms with E-state index in [1.807, 2.05) is 13.0 Å². The normalized spacial score (nSPS) is 10.9. The Balaban J connectivity index is 1.71. The van der Waals surface area contributed by atoms with Gasteiger partial charge in [-0.25, -0.2) is 14.8 Å². The molecule has 0 saturated heterocycles. The predicted octanol–water partition coefficient (Wildman–Crippen LogP) is 4.39. The molecule has 28 heavy (non-hydrogen) atoms. The SMILES string of the molecule is CCc1cc2ccc(C)cc2nc1SCC(=O)Nc1nc(C)c(C(=O)OC)s1. The molecule has 0 aliphatic rings. The Labute approximate surface area is 171 Å². The van der Waals surface area contributed by atoms with Crippen molar-refractivity contribution in [3.05, 3.63) is 46.0 Å². The fourth-order valence-electron chi connectivity index (χ4n) is 2.70. The highest BCUT2D eigenvalue weighted by molar-refractivity contribution is 8.00. The summed E-state index contributed by atoms with van der Waals surface area (Å²) in [4.78, 5) is 33.4. The summed E-state index contributed by atoms with van der Waals surface area (Å²) in [6, 6.07) is 8.32. The number of nitrogens with one attached hydrogen (secondary N) is 1. The number of thiazole rings is 1. The molecule has 1 N–H and O–H groups in total. The molecule has 3 aromatic rings. The Kier molecular flexibility index (Phi) is 6.31. The van der Waals surface area contributed by atoms with Gasteiger partial charge in [-0.15, -0.1) is 0 Å². The third-order valence-electron chi connectivity index (χ3n) is 4.15. The van der Waals surface area contributed by atoms with Gasteiger partial charge in [-0.05, 0) is 43.5 Å². The molecular weight excluding hydrogens is 394 g/mol. The van der Waals surface area contributed by atoms with Gasteiger partial charge in [0.1, 0.15) is 9.90 Å². The summed E-state index contributed by atoms with van der Waals surface area (Å²) in [6.07, 6.45) is 0.842. The number of fused-ring (bicyclic) bond motifs is 1. The number of ether oxygens (including phenoxy) is 1. The number of aryl methyl sites for hydroxylation is 3. The molecule has 0 aliphatic carbocycles. The predicted molar refractivity (Wildman–Crippen MR) is 113 cm³/mol. The zero-order valence-corrected chi connectivity index (χ0v) is 17.8. The first kappa shape index (κ1) is 20.3. The summed E-state index contributed by atoms with van der Waals surface area (Å²) in [5.74, 6) is -0.430. The Morgan fingerprint density at radius 2 is 2.00 bits per heavy atom. The van der Waals surface area contributed by atoms with Crippen molar-refractivity contribution in [2.24, 2.45) is 0 Å². The smallest absolute Gasteiger partial charge is 0.350 e. The quantitative estimate of drug-likeness (QED) is 0.475. The van der Waals surface area contributed by atoms with E-state index in [0.717, 1.165) is 44.8 Å². The fourth-order valence-corrected chi connectivity index (χ4v) is 4.50. The third-order valence-corrected chi connectivity index (χ3v) is 6.23. The molecule has 6 nitrogen and oxygen atoms in total. The van der Waals surface area contributed by atoms with Crippen LogP contribution < -0.4 is 5.32 Å². The third kappa shape index (κ3) is 4.51. The van der Waals surface area contributed by atoms with Gasteiger partial charge in [-0.3, -0.25) is 4.79 Å². The van der Waals surface area contributed by atoms with Gasteiger partial charge in [0.05, 0.1) is 24.1 Å². The maximum absolute atomic E-state index is 12.4. The van der Waals surface area contributed by atoms with Crippen LogP contribution in [0.5, 0.6) is 0 Å². The molecule has 3 rings (SSSR count). The average Bonchev–Trinajstić information content (AvgIpc) is 3.04. The van der Waals surface area contributed by atoms with E-state index < -0.39 is 5.97 Å². The Bertz CT molecular complexity index is 1050. The first-order valence-electron chi connectivity index (χ1n) is 8.80. The standard InChI is InChI=1S/C20H21N3O3S2/c1-5-13-9-14-7-6-11(2)8-15(14)22-18(13)27-10-16(24)23-20-21-12(3)17(28-20)19(25)26-4/h6-9H,5,10H2,1-4H3,(H,21,23,24). The van der Waals surface area contributed by atoms with Crippen LogP contribution in [0.1, 0.15) is 33.4 Å². The molecule has 1 aromatic carbocycles. The van der Waals surface area contributed by atoms with E-state index >= 15 is 0 Å². The second-order valence-corrected chi connectivity index (χ2v) is 8.23. The molecule has 0 spiro atoms. The number of thioether (sulfide) groups is 1. The average molecular weight is 416 g/mol. The lowest BCUT2D eigenvalue weighted by Gasteiger charge is -2.09. The number of carbonyl (C=O) groups is 2. The van der Waals surface area contributed by atoms with Gasteiger partial charge in [0.2, 0.25) is 5.91 Å². The number of hydrogen-bond donors (Lipinski definition) is 1. The minimum absolute atomic E-state index is 0.191. The monoisotopic (exact) mass is 415 g/mol. The van der Waals surface area contributed by atoms with Crippen molar-refractivity contribution in [3.63, 3.8) is 0 Å². The molecule has 2 heterocycles. The molecule has 0 unspecified atom stereocenters. The van der Waals surface area contributed by atoms with Gasteiger partial charge >= 0.3 is 5.97 Å². The van der Waals surface area contributed by atoms with Crippen LogP contribution in [0.15, 0.2) is 29.3 Å². The number of nitrogens with zero attached hydrogens (tertiary/aromatic N) is 2. The summed E-state index contributed by atoms with van der Waals surface area (Å²) >= 11 is 2.51. The Morgan fingerprint density at radius 3 is 2.71 bits per heavy atom. The van der Waals surface area contributed by atoms with Crippen molar-refractivity contribution in [3.8, 4) is 0 Å². The van der Waals surface area contributed by atoms with Crippen LogP contribution in [0, 0.1) is 13.8 Å². The van der Waals surface area contributed by atoms with E-state index in [9.17, 15) is 9.59 Å². The molecule has 0 bridgehead atoms. The van der Waals surface area contributed by atoms with Gasteiger partial charge in [0.25, 0.3) is 0 Å². The van der Waals surface area contributed by atoms with Gasteiger partial charge in [-0.1, -0.05) is 42.2 Å². The minimum Gasteiger partial charge on any atom is -0.465 e. The zero-order valence-electron chi connectivity index (χ0n) is 16.2. The van der Waals surface area contributed by atoms with Crippen molar-refractivity contribution < 1.29 is 14.3 Å². The van der Waals surface area contributed by atoms with Crippen molar-refractivity contribution >= 4 is 51.0 Å². The largest absolute Gasteiger partial charge is 0.465 e. The molecule has 1 amide bonds. The van der Waals surface area contributed by atoms with E-state index in [2.05, 4.69) is 35.4 Å². The Morgan fingerprint density at radius 1 is 1.21 bits per heavy atom. The van der Waals surface area contributed by atoms with Crippen LogP contribution in [0.25, 0.3) is 10.9 Å². The number of anilines is 1. The number of esters is 1. The molecule has 0 saturated carbocycles. The van der Waals surface area contributed by atoms with Gasteiger partial charge < -0.3 is 10.1 Å². The number of amides is 1. The Hall–Kier alpha value is -2.45. The molecule has 146 valence electrons. The lowest BCUT2D eigenvalue weighted by atomic mass is 10.1. The second-order valence-electron chi connectivity index (χ2n) is 6.26. The van der Waals surface area contributed by atoms with E-state index in [0.29, 0.717) is 15.7 Å². The van der Waals surface area contributed by atoms with Crippen LogP contribution in [0.3, 0.4) is 0 Å². The van der Waals surface area contributed by atoms with Crippen molar-refractivity contribution in [2.75, 3.05) is 18.2 Å². The van der Waals surface area contributed by atoms with Crippen LogP contribution in [-0.2, 0) is 16.0 Å². The number of rotatable bonds is 6. The van der Waals surface area contributed by atoms with Crippen LogP contribution >= 0.6 is 23.1 Å². The lowest BCUT2D eigenvalue weighted by molar-refractivity contribution is -0.113. The number of benzene rings is 1. The number of aromatic nitrogens is 2. The molecule has 0 fully saturated rings. The summed E-state index contributed by atoms with van der Waals surface area (Å²) in [6.45, 7) is 5.82. The van der Waals surface area contributed by atoms with E-state index in [1.54, 1.807) is 6.92 Å². The number of pyridine rings is 1. The first-order valence-corrected chi connectivity index (χ1v) is 10.6. The summed E-state index contributed by atoms with van der Waals surface area (Å²) < 4.78 is 4.72. The fraction of sp³-hybridized carbons (Fsp3) is 0.300. The molecule has 2 aromatic heterocycles. The van der Waals surface area contributed by atoms with E-state index in [1.165, 1.54) is 18.9 Å². The van der Waals surface area contributed by atoms with Gasteiger partial charge in [0.15, 0.2) is 5.13 Å². The number of methoxy groups -OCH3 is 1. The number of carbonyl (C=O) groups excluding carboxylic acids is 2. The van der Waals surface area contributed by atoms with E-state index in [4.69, 9.17) is 9.72 Å². The van der Waals surface area contributed by atoms with E-state index in [-0.39, 0.29) is 11.7 Å². The number of hydrogen-bond acceptors (Lipinski definition) is 7. The lowest BCUT2D eigenvalue weighted by Crippen LogP contribution is -2.14. The minimum atomic E-state index is -0.451. The molecule has 0 atom stereocenters. The zero-order chi connectivity index (χ0) is 20.3. The molecule has 8 heteroatoms. The second kappa shape index (κ2) is 8.70. The highest BCUT2D eigenvalue weighted by Gasteiger charge is 2.17. The molecular formula is C20H21N3O3S2. The first-order chi connectivity index (χ1) is 13.4. The van der Waals surface area contributed by atoms with Crippen LogP contribution in [0.2, 0.25) is 0 Å². The maximum Gasteiger partial charge on any atom is 0.350 e. The van der Waals surface area contributed by atoms with Gasteiger partial charge in [-0.2, -0.15) is 0 Å². The summed E-state index contributed by atoms with van der Waals surface area (Å²) in [5, 5.41) is 5.10. The molecule has 0 radical (unpaired) electrons. The van der Waals surface area contributed by atoms with Crippen molar-refractivity contribution in [1.82, 2.24) is 9.97 Å². The van der Waals surface area contributed by atoms with Crippen molar-refractivity contribution in [1.29, 1.82) is 0 Å². The van der Waals surface area contributed by atoms with Crippen molar-refractivity contribution in [2.45, 2.75) is 32.2 Å².